The highest BCUT2D eigenvalue weighted by atomic mass is 32.2. The number of thioether (sulfide) groups is 1. The number of hydrogen-bond acceptors (Lipinski definition) is 8. The van der Waals surface area contributed by atoms with Crippen LogP contribution in [0.3, 0.4) is 0 Å². The molecule has 3 N–H and O–H groups in total. The summed E-state index contributed by atoms with van der Waals surface area (Å²) < 4.78 is 16.4. The van der Waals surface area contributed by atoms with Crippen LogP contribution in [0.15, 0.2) is 54.6 Å². The highest BCUT2D eigenvalue weighted by Gasteiger charge is 2.49. The first kappa shape index (κ1) is 24.6. The van der Waals surface area contributed by atoms with E-state index in [1.807, 2.05) is 30.3 Å². The van der Waals surface area contributed by atoms with E-state index in [1.165, 1.54) is 7.11 Å². The number of cyclic esters (lactones) is 2. The smallest absolute Gasteiger partial charge is 0.325 e. The average molecular weight is 474 g/mol. The molecule has 2 atom stereocenters. The maximum Gasteiger partial charge on any atom is 0.325 e. The lowest BCUT2D eigenvalue weighted by atomic mass is 9.96. The second-order valence-electron chi connectivity index (χ2n) is 7.91. The number of aliphatic carboxylic acids is 1. The van der Waals surface area contributed by atoms with Gasteiger partial charge in [0.25, 0.3) is 5.79 Å². The van der Waals surface area contributed by atoms with Crippen molar-refractivity contribution in [2.45, 2.75) is 36.8 Å². The van der Waals surface area contributed by atoms with E-state index in [2.05, 4.69) is 0 Å². The number of rotatable bonds is 10. The Morgan fingerprint density at radius 3 is 2.27 bits per heavy atom. The lowest BCUT2D eigenvalue weighted by Gasteiger charge is -2.38. The van der Waals surface area contributed by atoms with Crippen molar-refractivity contribution in [3.63, 3.8) is 0 Å². The first-order valence-corrected chi connectivity index (χ1v) is 11.5. The molecule has 1 aliphatic rings. The van der Waals surface area contributed by atoms with Crippen LogP contribution in [0.1, 0.15) is 29.7 Å². The molecule has 1 aliphatic heterocycles. The fourth-order valence-electron chi connectivity index (χ4n) is 3.49. The summed E-state index contributed by atoms with van der Waals surface area (Å²) in [5.41, 5.74) is 7.31. The van der Waals surface area contributed by atoms with Gasteiger partial charge in [-0.05, 0) is 29.7 Å². The molecule has 1 heterocycles. The molecule has 0 bridgehead atoms. The molecule has 1 saturated heterocycles. The number of nitrogens with two attached hydrogens (primary N) is 1. The maximum absolute atomic E-state index is 13.0. The minimum Gasteiger partial charge on any atom is -0.497 e. The van der Waals surface area contributed by atoms with Gasteiger partial charge < -0.3 is 25.1 Å². The Hall–Kier alpha value is -3.04. The number of carbonyl (C=O) groups excluding carboxylic acids is 2. The number of aryl methyl sites for hydroxylation is 1. The molecule has 0 spiro atoms. The molecule has 0 saturated carbocycles. The predicted molar refractivity (Wildman–Crippen MR) is 123 cm³/mol. The molecule has 2 aromatic rings. The Labute approximate surface area is 196 Å². The van der Waals surface area contributed by atoms with E-state index in [1.54, 1.807) is 31.2 Å². The molecule has 0 aliphatic carbocycles. The third-order valence-electron chi connectivity index (χ3n) is 5.37. The summed E-state index contributed by atoms with van der Waals surface area (Å²) in [6.45, 7) is 1.57. The topological polar surface area (TPSA) is 125 Å². The third-order valence-corrected chi connectivity index (χ3v) is 6.83. The number of carbonyl (C=O) groups is 3. The van der Waals surface area contributed by atoms with Gasteiger partial charge in [0.2, 0.25) is 0 Å². The molecular formula is C24H27NO7S. The van der Waals surface area contributed by atoms with Gasteiger partial charge in [0, 0.05) is 19.1 Å². The number of hydrogen-bond donors (Lipinski definition) is 2. The van der Waals surface area contributed by atoms with Gasteiger partial charge in [0.05, 0.1) is 12.4 Å². The number of esters is 2. The van der Waals surface area contributed by atoms with E-state index in [-0.39, 0.29) is 5.75 Å². The van der Waals surface area contributed by atoms with Crippen LogP contribution in [0.4, 0.5) is 0 Å². The van der Waals surface area contributed by atoms with Crippen molar-refractivity contribution in [2.75, 3.05) is 12.9 Å². The summed E-state index contributed by atoms with van der Waals surface area (Å²) in [6, 6.07) is 15.3. The zero-order valence-electron chi connectivity index (χ0n) is 18.4. The normalized spacial score (nSPS) is 22.1. The largest absolute Gasteiger partial charge is 0.497 e. The summed E-state index contributed by atoms with van der Waals surface area (Å²) in [6.07, 6.45) is 0.873. The van der Waals surface area contributed by atoms with E-state index < -0.39 is 40.9 Å². The van der Waals surface area contributed by atoms with Crippen LogP contribution >= 0.6 is 11.8 Å². The standard InChI is InChI=1S/C24H27NO7S/c1-24(13-12-15-6-4-3-5-7-15)31-22(28)19(23(29)32-24)20(33-14-18(25)21(26)27)16-8-10-17(30-2)11-9-16/h3-11,18-20H,12-14,25H2,1-2H3,(H,26,27)/t18-,19?,20?,24?/m0/s1. The lowest BCUT2D eigenvalue weighted by Crippen LogP contribution is -2.50. The number of methoxy groups -OCH3 is 1. The Balaban J connectivity index is 1.78. The van der Waals surface area contributed by atoms with Crippen LogP contribution in [0.25, 0.3) is 0 Å². The summed E-state index contributed by atoms with van der Waals surface area (Å²) in [7, 11) is 1.53. The van der Waals surface area contributed by atoms with Crippen molar-refractivity contribution >= 4 is 29.7 Å². The van der Waals surface area contributed by atoms with Gasteiger partial charge in [0.15, 0.2) is 5.92 Å². The van der Waals surface area contributed by atoms with E-state index in [4.69, 9.17) is 25.1 Å². The molecule has 0 aromatic heterocycles. The summed E-state index contributed by atoms with van der Waals surface area (Å²) in [4.78, 5) is 37.3. The molecule has 8 nitrogen and oxygen atoms in total. The van der Waals surface area contributed by atoms with Gasteiger partial charge >= 0.3 is 17.9 Å². The maximum atomic E-state index is 13.0. The molecule has 0 radical (unpaired) electrons. The van der Waals surface area contributed by atoms with Crippen LogP contribution in [-0.2, 0) is 30.3 Å². The van der Waals surface area contributed by atoms with Crippen molar-refractivity contribution in [1.29, 1.82) is 0 Å². The van der Waals surface area contributed by atoms with Crippen molar-refractivity contribution < 1.29 is 33.7 Å². The van der Waals surface area contributed by atoms with E-state index in [9.17, 15) is 14.4 Å². The summed E-state index contributed by atoms with van der Waals surface area (Å²) in [5, 5.41) is 8.40. The van der Waals surface area contributed by atoms with Crippen LogP contribution in [0.2, 0.25) is 0 Å². The van der Waals surface area contributed by atoms with E-state index in [0.29, 0.717) is 24.2 Å². The Morgan fingerprint density at radius 1 is 1.12 bits per heavy atom. The summed E-state index contributed by atoms with van der Waals surface area (Å²) >= 11 is 1.10. The van der Waals surface area contributed by atoms with Crippen LogP contribution in [0, 0.1) is 5.92 Å². The monoisotopic (exact) mass is 473 g/mol. The van der Waals surface area contributed by atoms with Crippen molar-refractivity contribution in [2.24, 2.45) is 11.7 Å². The molecule has 3 rings (SSSR count). The van der Waals surface area contributed by atoms with Crippen molar-refractivity contribution in [3.05, 3.63) is 65.7 Å². The number of benzene rings is 2. The molecule has 1 unspecified atom stereocenters. The minimum atomic E-state index is -1.38. The molecule has 0 amide bonds. The molecule has 176 valence electrons. The van der Waals surface area contributed by atoms with Gasteiger partial charge in [-0.1, -0.05) is 42.5 Å². The second-order valence-corrected chi connectivity index (χ2v) is 9.09. The minimum absolute atomic E-state index is 0.00559. The second kappa shape index (κ2) is 10.7. The molecular weight excluding hydrogens is 446 g/mol. The van der Waals surface area contributed by atoms with Crippen molar-refractivity contribution in [3.8, 4) is 5.75 Å². The third kappa shape index (κ3) is 6.27. The Kier molecular flexibility index (Phi) is 7.99. The van der Waals surface area contributed by atoms with E-state index >= 15 is 0 Å². The van der Waals surface area contributed by atoms with Crippen LogP contribution < -0.4 is 10.5 Å². The van der Waals surface area contributed by atoms with Gasteiger partial charge in [-0.15, -0.1) is 0 Å². The number of ether oxygens (including phenoxy) is 3. The van der Waals surface area contributed by atoms with E-state index in [0.717, 1.165) is 17.3 Å². The van der Waals surface area contributed by atoms with Crippen molar-refractivity contribution in [1.82, 2.24) is 0 Å². The highest BCUT2D eigenvalue weighted by Crippen LogP contribution is 2.42. The first-order chi connectivity index (χ1) is 15.7. The molecule has 33 heavy (non-hydrogen) atoms. The van der Waals surface area contributed by atoms with Crippen LogP contribution in [-0.4, -0.2) is 47.7 Å². The fraction of sp³-hybridized carbons (Fsp3) is 0.375. The predicted octanol–water partition coefficient (Wildman–Crippen LogP) is 2.95. The first-order valence-electron chi connectivity index (χ1n) is 10.5. The number of carboxylic acid groups (broad SMARTS) is 1. The van der Waals surface area contributed by atoms with Gasteiger partial charge in [-0.25, -0.2) is 0 Å². The van der Waals surface area contributed by atoms with Gasteiger partial charge in [-0.2, -0.15) is 11.8 Å². The Morgan fingerprint density at radius 2 is 1.73 bits per heavy atom. The Bertz CT molecular complexity index is 962. The van der Waals surface area contributed by atoms with Crippen LogP contribution in [0.5, 0.6) is 5.75 Å². The summed E-state index contributed by atoms with van der Waals surface area (Å²) in [5.74, 6) is -4.63. The molecule has 9 heteroatoms. The zero-order chi connectivity index (χ0) is 24.0. The van der Waals surface area contributed by atoms with Gasteiger partial charge in [-0.3, -0.25) is 14.4 Å². The zero-order valence-corrected chi connectivity index (χ0v) is 19.2. The fourth-order valence-corrected chi connectivity index (χ4v) is 4.81. The quantitative estimate of drug-likeness (QED) is 0.396. The lowest BCUT2D eigenvalue weighted by molar-refractivity contribution is -0.247. The SMILES string of the molecule is COc1ccc(C(SC[C@H](N)C(=O)O)C2C(=O)OC(C)(CCc3ccccc3)OC2=O)cc1. The number of carboxylic acids is 1. The average Bonchev–Trinajstić information content (AvgIpc) is 2.80. The molecule has 2 aromatic carbocycles. The molecule has 1 fully saturated rings. The highest BCUT2D eigenvalue weighted by molar-refractivity contribution is 7.99. The van der Waals surface area contributed by atoms with Gasteiger partial charge in [0.1, 0.15) is 11.8 Å².